The summed E-state index contributed by atoms with van der Waals surface area (Å²) in [5.74, 6) is 0.526. The zero-order chi connectivity index (χ0) is 20.5. The molecule has 2 aromatic carbocycles. The number of amides is 1. The standard InChI is InChI=1S/C23H28N2O4/c1-28-23(27)19-12-10-18(11-13-19)17-24-22(26)21-9-5-6-14-25(21)15-16-29-20-7-3-2-4-8-20/h2-4,7-8,10-13,21H,5-6,9,14-17H2,1H3,(H,24,26). The van der Waals surface area contributed by atoms with E-state index >= 15 is 0 Å². The molecule has 154 valence electrons. The van der Waals surface area contributed by atoms with Gasteiger partial charge >= 0.3 is 5.97 Å². The van der Waals surface area contributed by atoms with E-state index in [2.05, 4.69) is 10.2 Å². The maximum absolute atomic E-state index is 12.8. The summed E-state index contributed by atoms with van der Waals surface area (Å²) in [6, 6.07) is 16.7. The van der Waals surface area contributed by atoms with Crippen LogP contribution in [0.1, 0.15) is 35.2 Å². The van der Waals surface area contributed by atoms with Gasteiger partial charge in [0.05, 0.1) is 18.7 Å². The summed E-state index contributed by atoms with van der Waals surface area (Å²) in [6.07, 6.45) is 3.02. The van der Waals surface area contributed by atoms with E-state index in [-0.39, 0.29) is 17.9 Å². The number of piperidine rings is 1. The molecular formula is C23H28N2O4. The van der Waals surface area contributed by atoms with Gasteiger partial charge in [0.1, 0.15) is 12.4 Å². The van der Waals surface area contributed by atoms with Crippen molar-refractivity contribution in [1.29, 1.82) is 0 Å². The summed E-state index contributed by atoms with van der Waals surface area (Å²) in [5, 5.41) is 3.03. The number of likely N-dealkylation sites (tertiary alicyclic amines) is 1. The largest absolute Gasteiger partial charge is 0.492 e. The second kappa shape index (κ2) is 10.6. The second-order valence-electron chi connectivity index (χ2n) is 7.12. The van der Waals surface area contributed by atoms with Crippen LogP contribution in [-0.2, 0) is 16.1 Å². The third-order valence-electron chi connectivity index (χ3n) is 5.15. The fourth-order valence-corrected chi connectivity index (χ4v) is 3.54. The minimum absolute atomic E-state index is 0.0430. The molecule has 0 radical (unpaired) electrons. The Morgan fingerprint density at radius 3 is 2.55 bits per heavy atom. The van der Waals surface area contributed by atoms with E-state index in [1.165, 1.54) is 7.11 Å². The van der Waals surface area contributed by atoms with E-state index in [0.717, 1.165) is 43.7 Å². The number of para-hydroxylation sites is 1. The first kappa shape index (κ1) is 20.9. The third-order valence-corrected chi connectivity index (χ3v) is 5.15. The van der Waals surface area contributed by atoms with Crippen molar-refractivity contribution in [3.05, 3.63) is 65.7 Å². The number of carbonyl (C=O) groups is 2. The molecule has 29 heavy (non-hydrogen) atoms. The molecule has 0 spiro atoms. The van der Waals surface area contributed by atoms with E-state index in [1.807, 2.05) is 42.5 Å². The van der Waals surface area contributed by atoms with Gasteiger partial charge < -0.3 is 14.8 Å². The third kappa shape index (κ3) is 6.06. The zero-order valence-electron chi connectivity index (χ0n) is 16.8. The molecule has 6 heteroatoms. The van der Waals surface area contributed by atoms with Gasteiger partial charge in [0.2, 0.25) is 5.91 Å². The summed E-state index contributed by atoms with van der Waals surface area (Å²) >= 11 is 0. The minimum Gasteiger partial charge on any atom is -0.492 e. The van der Waals surface area contributed by atoms with Crippen molar-refractivity contribution in [3.63, 3.8) is 0 Å². The van der Waals surface area contributed by atoms with Gasteiger partial charge in [0, 0.05) is 13.1 Å². The average molecular weight is 396 g/mol. The molecule has 0 aromatic heterocycles. The summed E-state index contributed by atoms with van der Waals surface area (Å²) in [7, 11) is 1.36. The number of hydrogen-bond donors (Lipinski definition) is 1. The highest BCUT2D eigenvalue weighted by atomic mass is 16.5. The molecule has 1 aliphatic rings. The predicted octanol–water partition coefficient (Wildman–Crippen LogP) is 3.02. The van der Waals surface area contributed by atoms with Gasteiger partial charge in [-0.1, -0.05) is 36.8 Å². The maximum atomic E-state index is 12.8. The van der Waals surface area contributed by atoms with Gasteiger partial charge in [-0.2, -0.15) is 0 Å². The Balaban J connectivity index is 1.49. The highest BCUT2D eigenvalue weighted by molar-refractivity contribution is 5.89. The van der Waals surface area contributed by atoms with E-state index in [9.17, 15) is 9.59 Å². The van der Waals surface area contributed by atoms with Crippen LogP contribution in [0.2, 0.25) is 0 Å². The van der Waals surface area contributed by atoms with Crippen molar-refractivity contribution in [3.8, 4) is 5.75 Å². The van der Waals surface area contributed by atoms with E-state index in [4.69, 9.17) is 9.47 Å². The molecule has 6 nitrogen and oxygen atoms in total. The van der Waals surface area contributed by atoms with Crippen LogP contribution in [0.5, 0.6) is 5.75 Å². The second-order valence-corrected chi connectivity index (χ2v) is 7.12. The van der Waals surface area contributed by atoms with Crippen molar-refractivity contribution in [2.75, 3.05) is 26.8 Å². The zero-order valence-corrected chi connectivity index (χ0v) is 16.8. The summed E-state index contributed by atoms with van der Waals surface area (Å²) in [5.41, 5.74) is 1.44. The van der Waals surface area contributed by atoms with Crippen LogP contribution < -0.4 is 10.1 Å². The number of esters is 1. The highest BCUT2D eigenvalue weighted by Gasteiger charge is 2.28. The van der Waals surface area contributed by atoms with E-state index < -0.39 is 0 Å². The smallest absolute Gasteiger partial charge is 0.337 e. The Labute approximate surface area is 171 Å². The number of nitrogens with one attached hydrogen (secondary N) is 1. The van der Waals surface area contributed by atoms with Crippen molar-refractivity contribution in [1.82, 2.24) is 10.2 Å². The monoisotopic (exact) mass is 396 g/mol. The van der Waals surface area contributed by atoms with Gasteiger partial charge in [-0.25, -0.2) is 4.79 Å². The first-order valence-electron chi connectivity index (χ1n) is 10.0. The molecule has 1 amide bonds. The molecule has 2 aromatic rings. The lowest BCUT2D eigenvalue weighted by Crippen LogP contribution is -2.50. The summed E-state index contributed by atoms with van der Waals surface area (Å²) in [6.45, 7) is 2.62. The maximum Gasteiger partial charge on any atom is 0.337 e. The molecule has 3 rings (SSSR count). The molecule has 1 aliphatic heterocycles. The lowest BCUT2D eigenvalue weighted by molar-refractivity contribution is -0.128. The van der Waals surface area contributed by atoms with Gasteiger partial charge in [0.25, 0.3) is 0 Å². The van der Waals surface area contributed by atoms with Crippen molar-refractivity contribution < 1.29 is 19.1 Å². The Morgan fingerprint density at radius 1 is 1.07 bits per heavy atom. The number of carbonyl (C=O) groups excluding carboxylic acids is 2. The molecule has 1 heterocycles. The Bertz CT molecular complexity index is 792. The fraction of sp³-hybridized carbons (Fsp3) is 0.391. The number of rotatable bonds is 8. The van der Waals surface area contributed by atoms with Gasteiger partial charge in [-0.05, 0) is 49.2 Å². The molecule has 0 saturated carbocycles. The molecule has 1 fully saturated rings. The number of ether oxygens (including phenoxy) is 2. The summed E-state index contributed by atoms with van der Waals surface area (Å²) in [4.78, 5) is 26.5. The first-order chi connectivity index (χ1) is 14.2. The highest BCUT2D eigenvalue weighted by Crippen LogP contribution is 2.18. The van der Waals surface area contributed by atoms with Crippen LogP contribution >= 0.6 is 0 Å². The van der Waals surface area contributed by atoms with E-state index in [1.54, 1.807) is 12.1 Å². The minimum atomic E-state index is -0.365. The normalized spacial score (nSPS) is 16.8. The fourth-order valence-electron chi connectivity index (χ4n) is 3.54. The topological polar surface area (TPSA) is 67.9 Å². The Morgan fingerprint density at radius 2 is 1.83 bits per heavy atom. The van der Waals surface area contributed by atoms with Gasteiger partial charge in [-0.15, -0.1) is 0 Å². The van der Waals surface area contributed by atoms with Crippen molar-refractivity contribution in [2.24, 2.45) is 0 Å². The van der Waals surface area contributed by atoms with Crippen LogP contribution in [0.4, 0.5) is 0 Å². The van der Waals surface area contributed by atoms with Crippen LogP contribution in [0.25, 0.3) is 0 Å². The Kier molecular flexibility index (Phi) is 7.64. The molecule has 1 atom stereocenters. The van der Waals surface area contributed by atoms with Crippen LogP contribution in [0.15, 0.2) is 54.6 Å². The molecule has 1 saturated heterocycles. The lowest BCUT2D eigenvalue weighted by Gasteiger charge is -2.34. The lowest BCUT2D eigenvalue weighted by atomic mass is 10.0. The molecule has 1 N–H and O–H groups in total. The molecule has 0 bridgehead atoms. The number of nitrogens with zero attached hydrogens (tertiary/aromatic N) is 1. The van der Waals surface area contributed by atoms with Crippen LogP contribution in [-0.4, -0.2) is 49.6 Å². The SMILES string of the molecule is COC(=O)c1ccc(CNC(=O)C2CCCCN2CCOc2ccccc2)cc1. The Hall–Kier alpha value is -2.86. The molecular weight excluding hydrogens is 368 g/mol. The number of benzene rings is 2. The summed E-state index contributed by atoms with van der Waals surface area (Å²) < 4.78 is 10.5. The first-order valence-corrected chi connectivity index (χ1v) is 10.0. The number of methoxy groups -OCH3 is 1. The molecule has 1 unspecified atom stereocenters. The quantitative estimate of drug-likeness (QED) is 0.695. The van der Waals surface area contributed by atoms with E-state index in [0.29, 0.717) is 18.7 Å². The van der Waals surface area contributed by atoms with Crippen molar-refractivity contribution in [2.45, 2.75) is 31.8 Å². The van der Waals surface area contributed by atoms with Crippen LogP contribution in [0, 0.1) is 0 Å². The van der Waals surface area contributed by atoms with Gasteiger partial charge in [0.15, 0.2) is 0 Å². The average Bonchev–Trinajstić information content (AvgIpc) is 2.78. The number of hydrogen-bond acceptors (Lipinski definition) is 5. The predicted molar refractivity (Wildman–Crippen MR) is 111 cm³/mol. The molecule has 0 aliphatic carbocycles. The van der Waals surface area contributed by atoms with Crippen molar-refractivity contribution >= 4 is 11.9 Å². The van der Waals surface area contributed by atoms with Gasteiger partial charge in [-0.3, -0.25) is 9.69 Å². The van der Waals surface area contributed by atoms with Crippen LogP contribution in [0.3, 0.4) is 0 Å².